The molecule has 0 amide bonds. The molecule has 1 aromatic rings. The second-order valence-electron chi connectivity index (χ2n) is 7.38. The van der Waals surface area contributed by atoms with Crippen molar-refractivity contribution in [2.24, 2.45) is 11.8 Å². The first-order chi connectivity index (χ1) is 10.3. The van der Waals surface area contributed by atoms with E-state index in [-0.39, 0.29) is 0 Å². The van der Waals surface area contributed by atoms with Gasteiger partial charge in [0.1, 0.15) is 0 Å². The molecule has 2 aliphatic carbocycles. The van der Waals surface area contributed by atoms with Gasteiger partial charge in [0.25, 0.3) is 0 Å². The van der Waals surface area contributed by atoms with E-state index in [9.17, 15) is 0 Å². The van der Waals surface area contributed by atoms with Crippen LogP contribution in [0.3, 0.4) is 0 Å². The van der Waals surface area contributed by atoms with Crippen LogP contribution >= 0.6 is 0 Å². The van der Waals surface area contributed by atoms with E-state index in [0.29, 0.717) is 0 Å². The van der Waals surface area contributed by atoms with Crippen LogP contribution in [-0.4, -0.2) is 12.6 Å². The van der Waals surface area contributed by atoms with Crippen LogP contribution < -0.4 is 5.32 Å². The largest absolute Gasteiger partial charge is 0.314 e. The highest BCUT2D eigenvalue weighted by molar-refractivity contribution is 5.21. The minimum atomic E-state index is 0.839. The van der Waals surface area contributed by atoms with Crippen molar-refractivity contribution in [3.05, 3.63) is 35.4 Å². The summed E-state index contributed by atoms with van der Waals surface area (Å²) < 4.78 is 0. The number of hydrogen-bond donors (Lipinski definition) is 1. The molecular formula is C20H31N. The Labute approximate surface area is 130 Å². The summed E-state index contributed by atoms with van der Waals surface area (Å²) in [7, 11) is 0. The lowest BCUT2D eigenvalue weighted by Crippen LogP contribution is -2.31. The van der Waals surface area contributed by atoms with E-state index in [0.717, 1.165) is 17.9 Å². The predicted molar refractivity (Wildman–Crippen MR) is 90.6 cm³/mol. The van der Waals surface area contributed by atoms with Gasteiger partial charge in [-0.15, -0.1) is 0 Å². The molecule has 21 heavy (non-hydrogen) atoms. The summed E-state index contributed by atoms with van der Waals surface area (Å²) in [6, 6.07) is 10.1. The van der Waals surface area contributed by atoms with E-state index in [4.69, 9.17) is 0 Å². The molecule has 1 aromatic carbocycles. The maximum atomic E-state index is 3.81. The van der Waals surface area contributed by atoms with Gasteiger partial charge >= 0.3 is 0 Å². The van der Waals surface area contributed by atoms with Gasteiger partial charge in [-0.05, 0) is 50.1 Å². The van der Waals surface area contributed by atoms with Gasteiger partial charge in [0, 0.05) is 6.04 Å². The molecule has 0 heterocycles. The Morgan fingerprint density at radius 3 is 2.24 bits per heavy atom. The van der Waals surface area contributed by atoms with Crippen LogP contribution in [-0.2, 0) is 6.42 Å². The van der Waals surface area contributed by atoms with Gasteiger partial charge in [0.05, 0.1) is 0 Å². The van der Waals surface area contributed by atoms with Crippen LogP contribution in [0.4, 0.5) is 0 Å². The molecule has 1 nitrogen and oxygen atoms in total. The molecule has 2 fully saturated rings. The lowest BCUT2D eigenvalue weighted by molar-refractivity contribution is 0.284. The van der Waals surface area contributed by atoms with Crippen molar-refractivity contribution in [3.63, 3.8) is 0 Å². The van der Waals surface area contributed by atoms with E-state index in [1.165, 1.54) is 75.5 Å². The Bertz CT molecular complexity index is 410. The monoisotopic (exact) mass is 285 g/mol. The number of nitrogens with one attached hydrogen (secondary N) is 1. The fraction of sp³-hybridized carbons (Fsp3) is 0.700. The lowest BCUT2D eigenvalue weighted by atomic mass is 9.82. The van der Waals surface area contributed by atoms with Crippen molar-refractivity contribution in [2.75, 3.05) is 6.54 Å². The molecule has 0 radical (unpaired) electrons. The zero-order chi connectivity index (χ0) is 14.5. The molecule has 1 N–H and O–H groups in total. The van der Waals surface area contributed by atoms with Gasteiger partial charge in [-0.25, -0.2) is 0 Å². The van der Waals surface area contributed by atoms with Crippen molar-refractivity contribution < 1.29 is 0 Å². The number of rotatable bonds is 6. The maximum absolute atomic E-state index is 3.81. The van der Waals surface area contributed by atoms with Crippen LogP contribution in [0.1, 0.15) is 62.5 Å². The third kappa shape index (κ3) is 4.85. The summed E-state index contributed by atoms with van der Waals surface area (Å²) in [5.74, 6) is 1.78. The Kier molecular flexibility index (Phi) is 5.35. The molecule has 2 saturated carbocycles. The zero-order valence-corrected chi connectivity index (χ0v) is 13.6. The number of aryl methyl sites for hydroxylation is 1. The molecule has 116 valence electrons. The predicted octanol–water partition coefficient (Wildman–Crippen LogP) is 4.88. The molecule has 0 aliphatic heterocycles. The molecule has 2 aliphatic rings. The standard InChI is InChI=1S/C20H31N/c1-16-8-10-17(11-9-16)14-19(15-21-20-12-13-20)18-6-4-2-3-5-7-18/h8-11,18-21H,2-7,12-15H2,1H3. The summed E-state index contributed by atoms with van der Waals surface area (Å²) in [4.78, 5) is 0. The highest BCUT2D eigenvalue weighted by Crippen LogP contribution is 2.31. The van der Waals surface area contributed by atoms with Crippen LogP contribution in [0.2, 0.25) is 0 Å². The molecule has 0 saturated heterocycles. The zero-order valence-electron chi connectivity index (χ0n) is 13.6. The van der Waals surface area contributed by atoms with Crippen molar-refractivity contribution >= 4 is 0 Å². The van der Waals surface area contributed by atoms with Crippen LogP contribution in [0.5, 0.6) is 0 Å². The second-order valence-corrected chi connectivity index (χ2v) is 7.38. The Balaban J connectivity index is 1.62. The molecule has 1 heteroatoms. The Morgan fingerprint density at radius 2 is 1.62 bits per heavy atom. The van der Waals surface area contributed by atoms with E-state index < -0.39 is 0 Å². The van der Waals surface area contributed by atoms with Gasteiger partial charge in [0.2, 0.25) is 0 Å². The second kappa shape index (κ2) is 7.45. The summed E-state index contributed by atoms with van der Waals surface area (Å²) in [6.45, 7) is 3.42. The molecule has 0 bridgehead atoms. The average molecular weight is 285 g/mol. The maximum Gasteiger partial charge on any atom is 0.00683 e. The highest BCUT2D eigenvalue weighted by atomic mass is 14.9. The van der Waals surface area contributed by atoms with Crippen molar-refractivity contribution in [1.29, 1.82) is 0 Å². The molecule has 0 spiro atoms. The van der Waals surface area contributed by atoms with E-state index in [1.54, 1.807) is 0 Å². The minimum Gasteiger partial charge on any atom is -0.314 e. The van der Waals surface area contributed by atoms with Crippen molar-refractivity contribution in [1.82, 2.24) is 5.32 Å². The van der Waals surface area contributed by atoms with Crippen LogP contribution in [0.15, 0.2) is 24.3 Å². The Hall–Kier alpha value is -0.820. The summed E-state index contributed by atoms with van der Waals surface area (Å²) in [5, 5.41) is 3.81. The van der Waals surface area contributed by atoms with Crippen molar-refractivity contribution in [2.45, 2.75) is 70.8 Å². The topological polar surface area (TPSA) is 12.0 Å². The normalized spacial score (nSPS) is 22.0. The molecule has 3 rings (SSSR count). The summed E-state index contributed by atoms with van der Waals surface area (Å²) in [6.07, 6.45) is 12.8. The fourth-order valence-corrected chi connectivity index (χ4v) is 3.82. The van der Waals surface area contributed by atoms with Gasteiger partial charge in [-0.3, -0.25) is 0 Å². The minimum absolute atomic E-state index is 0.839. The summed E-state index contributed by atoms with van der Waals surface area (Å²) >= 11 is 0. The van der Waals surface area contributed by atoms with Crippen molar-refractivity contribution in [3.8, 4) is 0 Å². The van der Waals surface area contributed by atoms with Crippen LogP contribution in [0.25, 0.3) is 0 Å². The first kappa shape index (κ1) is 15.1. The van der Waals surface area contributed by atoms with E-state index in [2.05, 4.69) is 36.5 Å². The quantitative estimate of drug-likeness (QED) is 0.735. The average Bonchev–Trinajstić information content (AvgIpc) is 3.32. The van der Waals surface area contributed by atoms with E-state index >= 15 is 0 Å². The van der Waals surface area contributed by atoms with E-state index in [1.807, 2.05) is 0 Å². The van der Waals surface area contributed by atoms with Crippen LogP contribution in [0, 0.1) is 18.8 Å². The molecular weight excluding hydrogens is 254 g/mol. The lowest BCUT2D eigenvalue weighted by Gasteiger charge is -2.27. The van der Waals surface area contributed by atoms with Gasteiger partial charge in [0.15, 0.2) is 0 Å². The molecule has 1 unspecified atom stereocenters. The third-order valence-electron chi connectivity index (χ3n) is 5.43. The third-order valence-corrected chi connectivity index (χ3v) is 5.43. The highest BCUT2D eigenvalue weighted by Gasteiger charge is 2.26. The SMILES string of the molecule is Cc1ccc(CC(CNC2CC2)C2CCCCCC2)cc1. The molecule has 1 atom stereocenters. The first-order valence-corrected chi connectivity index (χ1v) is 9.10. The fourth-order valence-electron chi connectivity index (χ4n) is 3.82. The Morgan fingerprint density at radius 1 is 0.952 bits per heavy atom. The molecule has 0 aromatic heterocycles. The first-order valence-electron chi connectivity index (χ1n) is 9.10. The number of hydrogen-bond acceptors (Lipinski definition) is 1. The van der Waals surface area contributed by atoms with Gasteiger partial charge < -0.3 is 5.32 Å². The van der Waals surface area contributed by atoms with Gasteiger partial charge in [-0.2, -0.15) is 0 Å². The van der Waals surface area contributed by atoms with Gasteiger partial charge in [-0.1, -0.05) is 68.4 Å². The smallest absolute Gasteiger partial charge is 0.00683 e. The summed E-state index contributed by atoms with van der Waals surface area (Å²) in [5.41, 5.74) is 2.91. The number of benzene rings is 1.